The van der Waals surface area contributed by atoms with Gasteiger partial charge in [0.1, 0.15) is 0 Å². The zero-order valence-corrected chi connectivity index (χ0v) is 18.0. The van der Waals surface area contributed by atoms with E-state index in [9.17, 15) is 13.5 Å². The van der Waals surface area contributed by atoms with Crippen LogP contribution in [0.15, 0.2) is 71.9 Å². The summed E-state index contributed by atoms with van der Waals surface area (Å²) < 4.78 is 28.0. The minimum atomic E-state index is -3.64. The van der Waals surface area contributed by atoms with Crippen LogP contribution in [0.2, 0.25) is 0 Å². The standard InChI is InChI=1S/C21H25N3O3S.ClH/c1-16(13-23-15-21(2,25)19-6-4-3-5-7-19)24-28(26,27)20-9-8-18-14-22-11-10-17(18)12-20;/h3-12,14,16,23-25H,13,15H2,1-2H3;1H. The van der Waals surface area contributed by atoms with E-state index in [0.717, 1.165) is 16.3 Å². The molecule has 0 aliphatic heterocycles. The zero-order valence-electron chi connectivity index (χ0n) is 16.4. The molecule has 6 nitrogen and oxygen atoms in total. The Morgan fingerprint density at radius 1 is 1.10 bits per heavy atom. The molecule has 1 heterocycles. The number of hydrogen-bond acceptors (Lipinski definition) is 5. The average Bonchev–Trinajstić information content (AvgIpc) is 2.67. The summed E-state index contributed by atoms with van der Waals surface area (Å²) in [6.45, 7) is 4.21. The molecule has 0 spiro atoms. The van der Waals surface area contributed by atoms with Crippen LogP contribution in [-0.2, 0) is 15.6 Å². The van der Waals surface area contributed by atoms with Gasteiger partial charge in [0.15, 0.2) is 0 Å². The topological polar surface area (TPSA) is 91.3 Å². The van der Waals surface area contributed by atoms with Crippen molar-refractivity contribution in [3.8, 4) is 0 Å². The molecular formula is C21H26ClN3O3S. The third kappa shape index (κ3) is 5.98. The molecule has 0 saturated heterocycles. The van der Waals surface area contributed by atoms with Crippen molar-refractivity contribution in [3.63, 3.8) is 0 Å². The fourth-order valence-corrected chi connectivity index (χ4v) is 4.31. The molecule has 2 aromatic carbocycles. The van der Waals surface area contributed by atoms with Crippen LogP contribution in [-0.4, -0.2) is 37.6 Å². The lowest BCUT2D eigenvalue weighted by atomic mass is 9.96. The van der Waals surface area contributed by atoms with E-state index in [4.69, 9.17) is 0 Å². The van der Waals surface area contributed by atoms with E-state index >= 15 is 0 Å². The number of halogens is 1. The second-order valence-electron chi connectivity index (χ2n) is 7.18. The first-order chi connectivity index (χ1) is 13.3. The quantitative estimate of drug-likeness (QED) is 0.506. The summed E-state index contributed by atoms with van der Waals surface area (Å²) in [4.78, 5) is 4.25. The van der Waals surface area contributed by atoms with E-state index in [-0.39, 0.29) is 23.3 Å². The molecule has 0 bridgehead atoms. The lowest BCUT2D eigenvalue weighted by Crippen LogP contribution is -2.44. The second-order valence-corrected chi connectivity index (χ2v) is 8.89. The van der Waals surface area contributed by atoms with Gasteiger partial charge in [0, 0.05) is 36.9 Å². The predicted molar refractivity (Wildman–Crippen MR) is 118 cm³/mol. The Morgan fingerprint density at radius 2 is 1.83 bits per heavy atom. The third-order valence-corrected chi connectivity index (χ3v) is 6.18. The maximum absolute atomic E-state index is 12.7. The number of hydrogen-bond donors (Lipinski definition) is 3. The monoisotopic (exact) mass is 435 g/mol. The molecule has 2 atom stereocenters. The summed E-state index contributed by atoms with van der Waals surface area (Å²) in [5.74, 6) is 0. The second kappa shape index (κ2) is 9.65. The molecule has 0 aliphatic rings. The summed E-state index contributed by atoms with van der Waals surface area (Å²) >= 11 is 0. The Morgan fingerprint density at radius 3 is 2.55 bits per heavy atom. The molecule has 0 amide bonds. The van der Waals surface area contributed by atoms with E-state index in [1.165, 1.54) is 0 Å². The smallest absolute Gasteiger partial charge is 0.240 e. The molecule has 8 heteroatoms. The Bertz CT molecular complexity index is 1040. The highest BCUT2D eigenvalue weighted by atomic mass is 35.5. The summed E-state index contributed by atoms with van der Waals surface area (Å²) in [6, 6.07) is 15.8. The van der Waals surface area contributed by atoms with E-state index in [2.05, 4.69) is 15.0 Å². The van der Waals surface area contributed by atoms with E-state index in [1.54, 1.807) is 50.5 Å². The van der Waals surface area contributed by atoms with Gasteiger partial charge in [-0.15, -0.1) is 12.4 Å². The van der Waals surface area contributed by atoms with Crippen molar-refractivity contribution in [3.05, 3.63) is 72.6 Å². The minimum absolute atomic E-state index is 0. The summed E-state index contributed by atoms with van der Waals surface area (Å²) in [7, 11) is -3.64. The molecule has 0 fully saturated rings. The summed E-state index contributed by atoms with van der Waals surface area (Å²) in [5, 5.41) is 15.5. The van der Waals surface area contributed by atoms with Gasteiger partial charge in [0.25, 0.3) is 0 Å². The van der Waals surface area contributed by atoms with Crippen molar-refractivity contribution in [1.82, 2.24) is 15.0 Å². The first-order valence-electron chi connectivity index (χ1n) is 9.13. The Hall–Kier alpha value is -2.03. The fraction of sp³-hybridized carbons (Fsp3) is 0.286. The van der Waals surface area contributed by atoms with Crippen molar-refractivity contribution in [1.29, 1.82) is 0 Å². The zero-order chi connectivity index (χ0) is 20.2. The number of rotatable bonds is 8. The molecule has 2 unspecified atom stereocenters. The Kier molecular flexibility index (Phi) is 7.73. The van der Waals surface area contributed by atoms with Gasteiger partial charge >= 0.3 is 0 Å². The van der Waals surface area contributed by atoms with Crippen LogP contribution in [0, 0.1) is 0 Å². The first kappa shape index (κ1) is 23.3. The lowest BCUT2D eigenvalue weighted by molar-refractivity contribution is 0.0568. The number of aromatic nitrogens is 1. The van der Waals surface area contributed by atoms with Crippen LogP contribution in [0.25, 0.3) is 10.8 Å². The van der Waals surface area contributed by atoms with Crippen LogP contribution in [0.5, 0.6) is 0 Å². The van der Waals surface area contributed by atoms with Gasteiger partial charge in [-0.2, -0.15) is 0 Å². The maximum Gasteiger partial charge on any atom is 0.240 e. The van der Waals surface area contributed by atoms with Crippen molar-refractivity contribution in [2.75, 3.05) is 13.1 Å². The molecule has 3 N–H and O–H groups in total. The molecule has 1 aromatic heterocycles. The van der Waals surface area contributed by atoms with Crippen LogP contribution in [0.4, 0.5) is 0 Å². The molecule has 0 saturated carbocycles. The van der Waals surface area contributed by atoms with Crippen molar-refractivity contribution in [2.45, 2.75) is 30.4 Å². The molecule has 0 radical (unpaired) electrons. The minimum Gasteiger partial charge on any atom is -0.384 e. The van der Waals surface area contributed by atoms with E-state index < -0.39 is 15.6 Å². The molecule has 3 aromatic rings. The first-order valence-corrected chi connectivity index (χ1v) is 10.6. The number of nitrogens with one attached hydrogen (secondary N) is 2. The van der Waals surface area contributed by atoms with Gasteiger partial charge in [-0.3, -0.25) is 4.98 Å². The van der Waals surface area contributed by atoms with Gasteiger partial charge in [-0.25, -0.2) is 13.1 Å². The van der Waals surface area contributed by atoms with Crippen LogP contribution in [0.3, 0.4) is 0 Å². The van der Waals surface area contributed by atoms with Gasteiger partial charge < -0.3 is 10.4 Å². The SMILES string of the molecule is CC(CNCC(C)(O)c1ccccc1)NS(=O)(=O)c1ccc2cnccc2c1.Cl. The average molecular weight is 436 g/mol. The van der Waals surface area contributed by atoms with Crippen molar-refractivity contribution in [2.24, 2.45) is 0 Å². The van der Waals surface area contributed by atoms with Gasteiger partial charge in [0.2, 0.25) is 10.0 Å². The molecule has 0 aliphatic carbocycles. The number of nitrogens with zero attached hydrogens (tertiary/aromatic N) is 1. The molecular weight excluding hydrogens is 410 g/mol. The fourth-order valence-electron chi connectivity index (χ4n) is 3.03. The normalized spacial score (nSPS) is 14.7. The number of fused-ring (bicyclic) bond motifs is 1. The maximum atomic E-state index is 12.7. The van der Waals surface area contributed by atoms with Crippen molar-refractivity contribution >= 4 is 33.2 Å². The number of pyridine rings is 1. The predicted octanol–water partition coefficient (Wildman–Crippen LogP) is 2.82. The Labute approximate surface area is 177 Å². The van der Waals surface area contributed by atoms with E-state index in [0.29, 0.717) is 13.1 Å². The molecule has 3 rings (SSSR count). The molecule has 156 valence electrons. The van der Waals surface area contributed by atoms with Gasteiger partial charge in [0.05, 0.1) is 10.5 Å². The molecule has 29 heavy (non-hydrogen) atoms. The highest BCUT2D eigenvalue weighted by molar-refractivity contribution is 7.89. The summed E-state index contributed by atoms with van der Waals surface area (Å²) in [6.07, 6.45) is 3.33. The van der Waals surface area contributed by atoms with Gasteiger partial charge in [-0.05, 0) is 43.0 Å². The van der Waals surface area contributed by atoms with Crippen LogP contribution >= 0.6 is 12.4 Å². The number of benzene rings is 2. The highest BCUT2D eigenvalue weighted by Crippen LogP contribution is 2.20. The number of sulfonamides is 1. The number of aliphatic hydroxyl groups is 1. The lowest BCUT2D eigenvalue weighted by Gasteiger charge is -2.25. The third-order valence-electron chi connectivity index (χ3n) is 4.59. The van der Waals surface area contributed by atoms with Crippen LogP contribution in [0.1, 0.15) is 19.4 Å². The summed E-state index contributed by atoms with van der Waals surface area (Å²) in [5.41, 5.74) is -0.229. The highest BCUT2D eigenvalue weighted by Gasteiger charge is 2.23. The van der Waals surface area contributed by atoms with Crippen LogP contribution < -0.4 is 10.0 Å². The largest absolute Gasteiger partial charge is 0.384 e. The van der Waals surface area contributed by atoms with Gasteiger partial charge in [-0.1, -0.05) is 36.4 Å². The van der Waals surface area contributed by atoms with Crippen molar-refractivity contribution < 1.29 is 13.5 Å². The Balaban J connectivity index is 0.00000300. The van der Waals surface area contributed by atoms with E-state index in [1.807, 2.05) is 30.3 Å².